The van der Waals surface area contributed by atoms with E-state index in [4.69, 9.17) is 19.4 Å². The van der Waals surface area contributed by atoms with Crippen molar-refractivity contribution in [1.29, 1.82) is 0 Å². The molecule has 0 bridgehead atoms. The first-order chi connectivity index (χ1) is 28.2. The molecule has 11 rings (SSSR count). The maximum Gasteiger partial charge on any atom is 0.167 e. The topological polar surface area (TPSA) is 51.8 Å². The molecule has 57 heavy (non-hydrogen) atoms. The molecule has 4 heteroatoms. The highest BCUT2D eigenvalue weighted by molar-refractivity contribution is 6.09. The molecule has 0 aliphatic rings. The average Bonchev–Trinajstić information content (AvgIpc) is 3.68. The molecule has 266 valence electrons. The van der Waals surface area contributed by atoms with Crippen molar-refractivity contribution in [3.05, 3.63) is 200 Å². The van der Waals surface area contributed by atoms with Crippen molar-refractivity contribution < 1.29 is 4.42 Å². The van der Waals surface area contributed by atoms with Gasteiger partial charge in [0.2, 0.25) is 0 Å². The molecule has 0 saturated carbocycles. The van der Waals surface area contributed by atoms with E-state index < -0.39 is 0 Å². The van der Waals surface area contributed by atoms with Crippen LogP contribution >= 0.6 is 0 Å². The second-order valence-electron chi connectivity index (χ2n) is 14.4. The number of rotatable bonds is 6. The summed E-state index contributed by atoms with van der Waals surface area (Å²) in [7, 11) is 0. The zero-order valence-electron chi connectivity index (χ0n) is 30.8. The number of fused-ring (bicyclic) bond motifs is 5. The molecule has 0 N–H and O–H groups in total. The molecule has 0 atom stereocenters. The maximum absolute atomic E-state index is 6.50. The van der Waals surface area contributed by atoms with Gasteiger partial charge < -0.3 is 4.42 Å². The molecule has 0 aliphatic heterocycles. The van der Waals surface area contributed by atoms with Crippen LogP contribution in [0.1, 0.15) is 0 Å². The van der Waals surface area contributed by atoms with E-state index in [9.17, 15) is 0 Å². The minimum absolute atomic E-state index is 0.557. The molecule has 0 fully saturated rings. The molecule has 9 aromatic carbocycles. The van der Waals surface area contributed by atoms with Gasteiger partial charge in [0, 0.05) is 21.9 Å². The van der Waals surface area contributed by atoms with Gasteiger partial charge in [0.25, 0.3) is 0 Å². The van der Waals surface area contributed by atoms with Gasteiger partial charge in [-0.05, 0) is 85.3 Å². The third-order valence-electron chi connectivity index (χ3n) is 10.9. The van der Waals surface area contributed by atoms with Crippen LogP contribution in [0.3, 0.4) is 0 Å². The van der Waals surface area contributed by atoms with Crippen LogP contribution in [0.15, 0.2) is 205 Å². The van der Waals surface area contributed by atoms with Crippen molar-refractivity contribution >= 4 is 43.5 Å². The van der Waals surface area contributed by atoms with Crippen LogP contribution in [-0.4, -0.2) is 15.0 Å². The van der Waals surface area contributed by atoms with Gasteiger partial charge in [0.05, 0.1) is 5.56 Å². The van der Waals surface area contributed by atoms with E-state index in [2.05, 4.69) is 176 Å². The highest BCUT2D eigenvalue weighted by Crippen LogP contribution is 2.38. The highest BCUT2D eigenvalue weighted by atomic mass is 16.3. The predicted octanol–water partition coefficient (Wildman–Crippen LogP) is 14.1. The fourth-order valence-electron chi connectivity index (χ4n) is 8.01. The summed E-state index contributed by atoms with van der Waals surface area (Å²) in [6.45, 7) is 0. The van der Waals surface area contributed by atoms with Crippen molar-refractivity contribution in [3.8, 4) is 67.5 Å². The van der Waals surface area contributed by atoms with Crippen molar-refractivity contribution in [1.82, 2.24) is 15.0 Å². The van der Waals surface area contributed by atoms with E-state index in [1.807, 2.05) is 24.3 Å². The Kier molecular flexibility index (Phi) is 7.78. The third-order valence-corrected chi connectivity index (χ3v) is 10.9. The average molecular weight is 728 g/mol. The van der Waals surface area contributed by atoms with Gasteiger partial charge >= 0.3 is 0 Å². The van der Waals surface area contributed by atoms with E-state index in [0.29, 0.717) is 17.5 Å². The fourth-order valence-corrected chi connectivity index (χ4v) is 8.01. The van der Waals surface area contributed by atoms with Crippen molar-refractivity contribution in [2.24, 2.45) is 0 Å². The lowest BCUT2D eigenvalue weighted by atomic mass is 9.95. The van der Waals surface area contributed by atoms with Crippen LogP contribution in [0.4, 0.5) is 0 Å². The Balaban J connectivity index is 1.07. The molecule has 0 saturated heterocycles. The van der Waals surface area contributed by atoms with Gasteiger partial charge in [-0.2, -0.15) is 0 Å². The molecular formula is C53H33N3O. The smallest absolute Gasteiger partial charge is 0.167 e. The lowest BCUT2D eigenvalue weighted by Gasteiger charge is -2.12. The number of hydrogen-bond donors (Lipinski definition) is 0. The Labute approximate surface area is 329 Å². The first kappa shape index (κ1) is 32.7. The number of furan rings is 1. The van der Waals surface area contributed by atoms with Crippen LogP contribution in [0.2, 0.25) is 0 Å². The second kappa shape index (κ2) is 13.6. The van der Waals surface area contributed by atoms with Crippen molar-refractivity contribution in [3.63, 3.8) is 0 Å². The zero-order chi connectivity index (χ0) is 37.7. The molecule has 2 heterocycles. The summed E-state index contributed by atoms with van der Waals surface area (Å²) < 4.78 is 6.50. The SMILES string of the molecule is c1ccc(-c2cccc(-c3ccc4cccc(-c5nc(-c6ccc(-c7ccc8ccccc8c7)cc6)nc(-c6cccc7c6oc6ccccc67)n5)c4c3)c2)cc1. The number of para-hydroxylation sites is 2. The van der Waals surface area contributed by atoms with E-state index in [1.165, 1.54) is 21.9 Å². The van der Waals surface area contributed by atoms with E-state index >= 15 is 0 Å². The molecular weight excluding hydrogens is 695 g/mol. The third kappa shape index (κ3) is 5.92. The van der Waals surface area contributed by atoms with E-state index in [1.54, 1.807) is 0 Å². The Morgan fingerprint density at radius 1 is 0.281 bits per heavy atom. The van der Waals surface area contributed by atoms with Crippen molar-refractivity contribution in [2.75, 3.05) is 0 Å². The Morgan fingerprint density at radius 2 is 0.807 bits per heavy atom. The monoisotopic (exact) mass is 727 g/mol. The van der Waals surface area contributed by atoms with Crippen LogP contribution in [0, 0.1) is 0 Å². The zero-order valence-corrected chi connectivity index (χ0v) is 30.8. The summed E-state index contributed by atoms with van der Waals surface area (Å²) in [6.07, 6.45) is 0. The maximum atomic E-state index is 6.50. The standard InChI is InChI=1S/C53H33N3O/c1-2-11-34(12-3-1)40-16-8-17-41(31-40)43-30-26-37-15-9-20-46(48(37)33-43)52-54-51(38-27-23-36(24-28-38)42-29-25-35-13-4-5-14-39(35)32-42)55-53(56-52)47-21-10-19-45-44-18-6-7-22-49(44)57-50(45)47/h1-33H. The Morgan fingerprint density at radius 3 is 1.67 bits per heavy atom. The highest BCUT2D eigenvalue weighted by Gasteiger charge is 2.19. The molecule has 0 radical (unpaired) electrons. The summed E-state index contributed by atoms with van der Waals surface area (Å²) in [5, 5.41) is 6.71. The summed E-state index contributed by atoms with van der Waals surface area (Å²) >= 11 is 0. The first-order valence-corrected chi connectivity index (χ1v) is 19.2. The van der Waals surface area contributed by atoms with Gasteiger partial charge in [-0.3, -0.25) is 0 Å². The first-order valence-electron chi connectivity index (χ1n) is 19.2. The quantitative estimate of drug-likeness (QED) is 0.171. The molecule has 4 nitrogen and oxygen atoms in total. The minimum atomic E-state index is 0.557. The number of benzene rings is 9. The summed E-state index contributed by atoms with van der Waals surface area (Å²) in [6, 6.07) is 70.1. The van der Waals surface area contributed by atoms with Crippen LogP contribution in [0.5, 0.6) is 0 Å². The van der Waals surface area contributed by atoms with Gasteiger partial charge in [0.15, 0.2) is 17.5 Å². The summed E-state index contributed by atoms with van der Waals surface area (Å²) in [5.74, 6) is 1.75. The second-order valence-corrected chi connectivity index (χ2v) is 14.4. The number of nitrogens with zero attached hydrogens (tertiary/aromatic N) is 3. The van der Waals surface area contributed by atoms with Gasteiger partial charge in [-0.1, -0.05) is 170 Å². The lowest BCUT2D eigenvalue weighted by Crippen LogP contribution is -2.01. The molecule has 11 aromatic rings. The predicted molar refractivity (Wildman–Crippen MR) is 235 cm³/mol. The van der Waals surface area contributed by atoms with Crippen LogP contribution in [0.25, 0.3) is 111 Å². The Bertz CT molecular complexity index is 3290. The van der Waals surface area contributed by atoms with Crippen LogP contribution in [-0.2, 0) is 0 Å². The number of aromatic nitrogens is 3. The molecule has 0 spiro atoms. The van der Waals surface area contributed by atoms with Crippen molar-refractivity contribution in [2.45, 2.75) is 0 Å². The minimum Gasteiger partial charge on any atom is -0.455 e. The van der Waals surface area contributed by atoms with Gasteiger partial charge in [0.1, 0.15) is 11.2 Å². The molecule has 0 aliphatic carbocycles. The van der Waals surface area contributed by atoms with E-state index in [0.717, 1.165) is 71.7 Å². The largest absolute Gasteiger partial charge is 0.455 e. The number of hydrogen-bond acceptors (Lipinski definition) is 4. The lowest BCUT2D eigenvalue weighted by molar-refractivity contribution is 0.669. The van der Waals surface area contributed by atoms with E-state index in [-0.39, 0.29) is 0 Å². The summed E-state index contributed by atoms with van der Waals surface area (Å²) in [4.78, 5) is 15.6. The van der Waals surface area contributed by atoms with Gasteiger partial charge in [-0.25, -0.2) is 15.0 Å². The van der Waals surface area contributed by atoms with Gasteiger partial charge in [-0.15, -0.1) is 0 Å². The molecule has 0 unspecified atom stereocenters. The Hall–Kier alpha value is -7.69. The normalized spacial score (nSPS) is 11.5. The van der Waals surface area contributed by atoms with Crippen LogP contribution < -0.4 is 0 Å². The summed E-state index contributed by atoms with van der Waals surface area (Å²) in [5.41, 5.74) is 11.2. The molecule has 2 aromatic heterocycles. The fraction of sp³-hybridized carbons (Fsp3) is 0. The molecule has 0 amide bonds.